The van der Waals surface area contributed by atoms with Gasteiger partial charge in [-0.2, -0.15) is 0 Å². The van der Waals surface area contributed by atoms with Crippen molar-refractivity contribution in [2.24, 2.45) is 0 Å². The first kappa shape index (κ1) is 14.4. The van der Waals surface area contributed by atoms with Crippen LogP contribution in [0.4, 0.5) is 0 Å². The molecule has 0 N–H and O–H groups in total. The molecule has 0 aliphatic heterocycles. The van der Waals surface area contributed by atoms with Crippen LogP contribution in [0.3, 0.4) is 0 Å². The van der Waals surface area contributed by atoms with Crippen molar-refractivity contribution in [1.29, 1.82) is 0 Å². The Labute approximate surface area is 130 Å². The molecule has 1 aromatic heterocycles. The van der Waals surface area contributed by atoms with Gasteiger partial charge in [-0.15, -0.1) is 16.8 Å². The maximum absolute atomic E-state index is 4.39. The number of thioether (sulfide) groups is 1. The van der Waals surface area contributed by atoms with Crippen LogP contribution >= 0.6 is 11.8 Å². The Morgan fingerprint density at radius 3 is 2.57 bits per heavy atom. The molecule has 0 spiro atoms. The van der Waals surface area contributed by atoms with E-state index in [0.717, 1.165) is 23.3 Å². The molecular formula is C17H21N3S. The van der Waals surface area contributed by atoms with Gasteiger partial charge in [-0.25, -0.2) is 0 Å². The zero-order chi connectivity index (χ0) is 14.8. The van der Waals surface area contributed by atoms with E-state index in [1.165, 1.54) is 29.5 Å². The number of aryl methyl sites for hydroxylation is 2. The molecule has 1 aliphatic carbocycles. The fourth-order valence-corrected chi connectivity index (χ4v) is 3.54. The van der Waals surface area contributed by atoms with Gasteiger partial charge in [0.25, 0.3) is 0 Å². The summed E-state index contributed by atoms with van der Waals surface area (Å²) in [5.74, 6) is 2.69. The standard InChI is InChI=1S/C17H21N3S/c1-4-7-20-16(15-5-6-15)18-19-17(20)21-11-14-9-12(2)8-13(3)10-14/h4,8-10,15H,1,5-7,11H2,2-3H3. The van der Waals surface area contributed by atoms with Crippen LogP contribution in [0.2, 0.25) is 0 Å². The van der Waals surface area contributed by atoms with Crippen LogP contribution in [0.1, 0.15) is 41.3 Å². The van der Waals surface area contributed by atoms with Gasteiger partial charge in [0, 0.05) is 18.2 Å². The smallest absolute Gasteiger partial charge is 0.191 e. The molecule has 3 nitrogen and oxygen atoms in total. The van der Waals surface area contributed by atoms with Crippen molar-refractivity contribution >= 4 is 11.8 Å². The first-order valence-electron chi connectivity index (χ1n) is 7.41. The fourth-order valence-electron chi connectivity index (χ4n) is 2.65. The minimum Gasteiger partial charge on any atom is -0.302 e. The lowest BCUT2D eigenvalue weighted by Gasteiger charge is -2.08. The van der Waals surface area contributed by atoms with E-state index >= 15 is 0 Å². The summed E-state index contributed by atoms with van der Waals surface area (Å²) in [5, 5.41) is 9.78. The molecule has 0 amide bonds. The van der Waals surface area contributed by atoms with Crippen molar-refractivity contribution < 1.29 is 0 Å². The van der Waals surface area contributed by atoms with E-state index in [-0.39, 0.29) is 0 Å². The number of benzene rings is 1. The van der Waals surface area contributed by atoms with Crippen molar-refractivity contribution in [2.75, 3.05) is 0 Å². The molecule has 1 saturated carbocycles. The predicted molar refractivity (Wildman–Crippen MR) is 87.7 cm³/mol. The number of aromatic nitrogens is 3. The summed E-state index contributed by atoms with van der Waals surface area (Å²) in [6.45, 7) is 8.94. The highest BCUT2D eigenvalue weighted by Gasteiger charge is 2.30. The fraction of sp³-hybridized carbons (Fsp3) is 0.412. The van der Waals surface area contributed by atoms with Crippen molar-refractivity contribution in [2.45, 2.75) is 50.1 Å². The molecule has 0 saturated heterocycles. The number of rotatable bonds is 6. The van der Waals surface area contributed by atoms with Crippen LogP contribution in [0, 0.1) is 13.8 Å². The van der Waals surface area contributed by atoms with Crippen molar-refractivity contribution in [3.63, 3.8) is 0 Å². The molecular weight excluding hydrogens is 278 g/mol. The number of allylic oxidation sites excluding steroid dienone is 1. The molecule has 4 heteroatoms. The average Bonchev–Trinajstić information content (AvgIpc) is 3.19. The van der Waals surface area contributed by atoms with Gasteiger partial charge in [0.05, 0.1) is 0 Å². The minimum absolute atomic E-state index is 0.619. The highest BCUT2D eigenvalue weighted by atomic mass is 32.2. The summed E-state index contributed by atoms with van der Waals surface area (Å²) >= 11 is 1.77. The van der Waals surface area contributed by atoms with Crippen LogP contribution in [0.5, 0.6) is 0 Å². The zero-order valence-electron chi connectivity index (χ0n) is 12.7. The second kappa shape index (κ2) is 6.06. The predicted octanol–water partition coefficient (Wildman–Crippen LogP) is 4.25. The van der Waals surface area contributed by atoms with E-state index in [2.05, 4.69) is 53.4 Å². The second-order valence-corrected chi connectivity index (χ2v) is 6.74. The third-order valence-electron chi connectivity index (χ3n) is 3.65. The molecule has 1 fully saturated rings. The monoisotopic (exact) mass is 299 g/mol. The SMILES string of the molecule is C=CCn1c(SCc2cc(C)cc(C)c2)nnc1C1CC1. The van der Waals surface area contributed by atoms with Gasteiger partial charge in [0.1, 0.15) is 5.82 Å². The quantitative estimate of drug-likeness (QED) is 0.590. The van der Waals surface area contributed by atoms with Gasteiger partial charge in [-0.05, 0) is 32.3 Å². The summed E-state index contributed by atoms with van der Waals surface area (Å²) in [5.41, 5.74) is 3.98. The first-order valence-corrected chi connectivity index (χ1v) is 8.40. The molecule has 21 heavy (non-hydrogen) atoms. The van der Waals surface area contributed by atoms with E-state index in [1.807, 2.05) is 6.08 Å². The van der Waals surface area contributed by atoms with Gasteiger partial charge in [0.15, 0.2) is 5.16 Å². The van der Waals surface area contributed by atoms with E-state index < -0.39 is 0 Å². The highest BCUT2D eigenvalue weighted by Crippen LogP contribution is 2.40. The van der Waals surface area contributed by atoms with Crippen LogP contribution in [0.15, 0.2) is 36.0 Å². The Balaban J connectivity index is 1.76. The Kier molecular flexibility index (Phi) is 4.15. The summed E-state index contributed by atoms with van der Waals surface area (Å²) in [7, 11) is 0. The van der Waals surface area contributed by atoms with E-state index in [4.69, 9.17) is 0 Å². The maximum Gasteiger partial charge on any atom is 0.191 e. The third kappa shape index (κ3) is 3.38. The second-order valence-electron chi connectivity index (χ2n) is 5.80. The molecule has 0 atom stereocenters. The van der Waals surface area contributed by atoms with Crippen LogP contribution in [0.25, 0.3) is 0 Å². The summed E-state index contributed by atoms with van der Waals surface area (Å²) in [6, 6.07) is 6.70. The molecule has 0 unspecified atom stereocenters. The normalized spacial score (nSPS) is 14.4. The van der Waals surface area contributed by atoms with E-state index in [0.29, 0.717) is 5.92 Å². The molecule has 2 aromatic rings. The van der Waals surface area contributed by atoms with Crippen LogP contribution in [-0.4, -0.2) is 14.8 Å². The van der Waals surface area contributed by atoms with Crippen molar-refractivity contribution in [1.82, 2.24) is 14.8 Å². The molecule has 3 rings (SSSR count). The van der Waals surface area contributed by atoms with Crippen molar-refractivity contribution in [3.8, 4) is 0 Å². The van der Waals surface area contributed by atoms with Crippen LogP contribution < -0.4 is 0 Å². The molecule has 0 radical (unpaired) electrons. The van der Waals surface area contributed by atoms with Crippen LogP contribution in [-0.2, 0) is 12.3 Å². The Morgan fingerprint density at radius 1 is 1.24 bits per heavy atom. The molecule has 1 aromatic carbocycles. The highest BCUT2D eigenvalue weighted by molar-refractivity contribution is 7.98. The third-order valence-corrected chi connectivity index (χ3v) is 4.69. The van der Waals surface area contributed by atoms with Gasteiger partial charge >= 0.3 is 0 Å². The summed E-state index contributed by atoms with van der Waals surface area (Å²) in [6.07, 6.45) is 4.42. The minimum atomic E-state index is 0.619. The first-order chi connectivity index (χ1) is 10.2. The molecule has 1 aliphatic rings. The van der Waals surface area contributed by atoms with Gasteiger partial charge in [-0.3, -0.25) is 0 Å². The molecule has 0 bridgehead atoms. The lowest BCUT2D eigenvalue weighted by Crippen LogP contribution is -2.02. The van der Waals surface area contributed by atoms with Gasteiger partial charge in [0.2, 0.25) is 0 Å². The zero-order valence-corrected chi connectivity index (χ0v) is 13.5. The maximum atomic E-state index is 4.39. The Hall–Kier alpha value is -1.55. The Bertz CT molecular complexity index is 636. The Morgan fingerprint density at radius 2 is 1.95 bits per heavy atom. The summed E-state index contributed by atoms with van der Waals surface area (Å²) < 4.78 is 2.22. The number of hydrogen-bond acceptors (Lipinski definition) is 3. The molecule has 110 valence electrons. The number of nitrogens with zero attached hydrogens (tertiary/aromatic N) is 3. The van der Waals surface area contributed by atoms with E-state index in [9.17, 15) is 0 Å². The molecule has 1 heterocycles. The van der Waals surface area contributed by atoms with Gasteiger partial charge < -0.3 is 4.57 Å². The topological polar surface area (TPSA) is 30.7 Å². The largest absolute Gasteiger partial charge is 0.302 e. The lowest BCUT2D eigenvalue weighted by molar-refractivity contribution is 0.681. The number of hydrogen-bond donors (Lipinski definition) is 0. The van der Waals surface area contributed by atoms with Crippen molar-refractivity contribution in [3.05, 3.63) is 53.4 Å². The lowest BCUT2D eigenvalue weighted by atomic mass is 10.1. The van der Waals surface area contributed by atoms with Gasteiger partial charge in [-0.1, -0.05) is 47.2 Å². The summed E-state index contributed by atoms with van der Waals surface area (Å²) in [4.78, 5) is 0. The van der Waals surface area contributed by atoms with E-state index in [1.54, 1.807) is 11.8 Å². The average molecular weight is 299 g/mol.